The second-order valence-corrected chi connectivity index (χ2v) is 10.5. The largest absolute Gasteiger partial charge is 0.497 e. The average Bonchev–Trinajstić information content (AvgIpc) is 3.28. The van der Waals surface area contributed by atoms with Gasteiger partial charge in [0.2, 0.25) is 11.8 Å². The number of carbonyl (C=O) groups is 2. The number of rotatable bonds is 6. The molecule has 7 nitrogen and oxygen atoms in total. The summed E-state index contributed by atoms with van der Waals surface area (Å²) in [6, 6.07) is 14.0. The van der Waals surface area contributed by atoms with E-state index in [0.29, 0.717) is 44.8 Å². The molecule has 0 bridgehead atoms. The minimum Gasteiger partial charge on any atom is -0.497 e. The number of hydrogen-bond acceptors (Lipinski definition) is 4. The van der Waals surface area contributed by atoms with Crippen LogP contribution in [0.2, 0.25) is 0 Å². The van der Waals surface area contributed by atoms with Crippen molar-refractivity contribution in [2.24, 2.45) is 5.92 Å². The lowest BCUT2D eigenvalue weighted by Gasteiger charge is -2.28. The van der Waals surface area contributed by atoms with Crippen LogP contribution in [0.25, 0.3) is 10.9 Å². The molecule has 0 saturated carbocycles. The number of amides is 2. The molecule has 0 radical (unpaired) electrons. The van der Waals surface area contributed by atoms with E-state index in [9.17, 15) is 9.59 Å². The molecule has 198 valence electrons. The van der Waals surface area contributed by atoms with Crippen LogP contribution in [0.15, 0.2) is 48.7 Å². The Hall–Kier alpha value is -3.32. The van der Waals surface area contributed by atoms with Gasteiger partial charge < -0.3 is 24.4 Å². The van der Waals surface area contributed by atoms with Gasteiger partial charge in [0.05, 0.1) is 7.11 Å². The van der Waals surface area contributed by atoms with E-state index < -0.39 is 0 Å². The number of aryl methyl sites for hydroxylation is 1. The first kappa shape index (κ1) is 26.7. The highest BCUT2D eigenvalue weighted by atomic mass is 16.5. The van der Waals surface area contributed by atoms with Crippen molar-refractivity contribution in [3.63, 3.8) is 0 Å². The molecular weight excluding hydrogens is 464 g/mol. The van der Waals surface area contributed by atoms with E-state index >= 15 is 0 Å². The van der Waals surface area contributed by atoms with E-state index in [2.05, 4.69) is 36.8 Å². The molecule has 0 fully saturated rings. The minimum atomic E-state index is 0.125. The summed E-state index contributed by atoms with van der Waals surface area (Å²) in [4.78, 5) is 36.3. The molecule has 1 aromatic heterocycles. The summed E-state index contributed by atoms with van der Waals surface area (Å²) in [5, 5.41) is 1.09. The molecule has 4 rings (SSSR count). The Morgan fingerprint density at radius 2 is 1.84 bits per heavy atom. The minimum absolute atomic E-state index is 0.125. The Bertz CT molecular complexity index is 1220. The Morgan fingerprint density at radius 1 is 1.03 bits per heavy atom. The number of ether oxygens (including phenoxy) is 1. The van der Waals surface area contributed by atoms with Crippen molar-refractivity contribution in [3.05, 3.63) is 59.8 Å². The van der Waals surface area contributed by atoms with Gasteiger partial charge in [-0.2, -0.15) is 0 Å². The second-order valence-electron chi connectivity index (χ2n) is 10.5. The predicted molar refractivity (Wildman–Crippen MR) is 149 cm³/mol. The average molecular weight is 505 g/mol. The van der Waals surface area contributed by atoms with Crippen molar-refractivity contribution in [2.75, 3.05) is 45.2 Å². The van der Waals surface area contributed by atoms with Crippen LogP contribution in [0, 0.1) is 5.92 Å². The molecule has 0 unspecified atom stereocenters. The normalized spacial score (nSPS) is 15.5. The first-order valence-corrected chi connectivity index (χ1v) is 13.3. The number of fused-ring (bicyclic) bond motifs is 2. The third kappa shape index (κ3) is 6.72. The summed E-state index contributed by atoms with van der Waals surface area (Å²) in [6.45, 7) is 7.68. The van der Waals surface area contributed by atoms with Gasteiger partial charge in [-0.05, 0) is 67.7 Å². The molecule has 3 aromatic rings. The first-order chi connectivity index (χ1) is 17.9. The van der Waals surface area contributed by atoms with Crippen LogP contribution in [0.3, 0.4) is 0 Å². The standard InChI is InChI=1S/C30H40N4O3/c1-22(2)18-30(36)34-15-7-14-32(3)16-17-33(21-24-8-5-6-9-28(24)34)29(35)13-10-23-20-31-27-12-11-25(37-4)19-26(23)27/h5-6,8-9,11-12,19-20,22,31H,7,10,13-18,21H2,1-4H3. The highest BCUT2D eigenvalue weighted by molar-refractivity contribution is 5.94. The molecule has 0 spiro atoms. The lowest BCUT2D eigenvalue weighted by atomic mass is 10.1. The van der Waals surface area contributed by atoms with Crippen LogP contribution < -0.4 is 9.64 Å². The van der Waals surface area contributed by atoms with Gasteiger partial charge in [0.25, 0.3) is 0 Å². The number of anilines is 1. The molecule has 2 aromatic carbocycles. The van der Waals surface area contributed by atoms with Gasteiger partial charge in [-0.15, -0.1) is 0 Å². The lowest BCUT2D eigenvalue weighted by molar-refractivity contribution is -0.132. The fourth-order valence-electron chi connectivity index (χ4n) is 5.04. The van der Waals surface area contributed by atoms with E-state index in [0.717, 1.165) is 53.0 Å². The van der Waals surface area contributed by atoms with E-state index in [1.165, 1.54) is 0 Å². The maximum atomic E-state index is 13.6. The van der Waals surface area contributed by atoms with Gasteiger partial charge in [0, 0.05) is 61.8 Å². The van der Waals surface area contributed by atoms with Crippen molar-refractivity contribution in [2.45, 2.75) is 46.1 Å². The van der Waals surface area contributed by atoms with Crippen LogP contribution in [0.1, 0.15) is 44.2 Å². The molecular formula is C30H40N4O3. The zero-order valence-corrected chi connectivity index (χ0v) is 22.6. The monoisotopic (exact) mass is 504 g/mol. The molecule has 0 atom stereocenters. The molecule has 2 heterocycles. The van der Waals surface area contributed by atoms with Crippen LogP contribution >= 0.6 is 0 Å². The molecule has 0 aliphatic carbocycles. The van der Waals surface area contributed by atoms with Crippen LogP contribution in [0.5, 0.6) is 5.75 Å². The molecule has 1 aliphatic rings. The van der Waals surface area contributed by atoms with Gasteiger partial charge in [-0.3, -0.25) is 9.59 Å². The molecule has 0 saturated heterocycles. The van der Waals surface area contributed by atoms with Crippen molar-refractivity contribution in [1.29, 1.82) is 0 Å². The lowest BCUT2D eigenvalue weighted by Crippen LogP contribution is -2.37. The van der Waals surface area contributed by atoms with Gasteiger partial charge in [0.15, 0.2) is 0 Å². The van der Waals surface area contributed by atoms with Crippen LogP contribution in [-0.4, -0.2) is 66.9 Å². The number of carbonyl (C=O) groups excluding carboxylic acids is 2. The number of benzene rings is 2. The Labute approximate surface area is 220 Å². The van der Waals surface area contributed by atoms with E-state index in [-0.39, 0.29) is 11.8 Å². The highest BCUT2D eigenvalue weighted by Crippen LogP contribution is 2.27. The van der Waals surface area contributed by atoms with Gasteiger partial charge in [-0.25, -0.2) is 0 Å². The maximum absolute atomic E-state index is 13.6. The third-order valence-electron chi connectivity index (χ3n) is 7.14. The van der Waals surface area contributed by atoms with Crippen molar-refractivity contribution in [3.8, 4) is 5.75 Å². The summed E-state index contributed by atoms with van der Waals surface area (Å²) in [5.41, 5.74) is 4.11. The molecule has 1 aliphatic heterocycles. The summed E-state index contributed by atoms with van der Waals surface area (Å²) in [5.74, 6) is 1.38. The van der Waals surface area contributed by atoms with Crippen molar-refractivity contribution in [1.82, 2.24) is 14.8 Å². The Kier molecular flexibility index (Phi) is 8.87. The second kappa shape index (κ2) is 12.3. The number of likely N-dealkylation sites (N-methyl/N-ethyl adjacent to an activating group) is 1. The van der Waals surface area contributed by atoms with Gasteiger partial charge >= 0.3 is 0 Å². The third-order valence-corrected chi connectivity index (χ3v) is 7.14. The molecule has 1 N–H and O–H groups in total. The topological polar surface area (TPSA) is 68.9 Å². The number of aromatic nitrogens is 1. The zero-order valence-electron chi connectivity index (χ0n) is 22.6. The summed E-state index contributed by atoms with van der Waals surface area (Å²) >= 11 is 0. The van der Waals surface area contributed by atoms with Gasteiger partial charge in [-0.1, -0.05) is 32.0 Å². The van der Waals surface area contributed by atoms with Crippen LogP contribution in [0.4, 0.5) is 5.69 Å². The Balaban J connectivity index is 1.55. The number of para-hydroxylation sites is 1. The number of H-pyrrole nitrogens is 1. The van der Waals surface area contributed by atoms with Crippen LogP contribution in [-0.2, 0) is 22.6 Å². The van der Waals surface area contributed by atoms with Crippen molar-refractivity contribution >= 4 is 28.4 Å². The highest BCUT2D eigenvalue weighted by Gasteiger charge is 2.23. The fourth-order valence-corrected chi connectivity index (χ4v) is 5.04. The number of aromatic amines is 1. The number of hydrogen-bond donors (Lipinski definition) is 1. The van der Waals surface area contributed by atoms with E-state index in [1.54, 1.807) is 7.11 Å². The first-order valence-electron chi connectivity index (χ1n) is 13.3. The number of nitrogens with zero attached hydrogens (tertiary/aromatic N) is 3. The predicted octanol–water partition coefficient (Wildman–Crippen LogP) is 4.85. The Morgan fingerprint density at radius 3 is 2.62 bits per heavy atom. The number of methoxy groups -OCH3 is 1. The van der Waals surface area contributed by atoms with E-state index in [4.69, 9.17) is 4.74 Å². The SMILES string of the molecule is COc1ccc2[nH]cc(CCC(=O)N3CCN(C)CCCN(C(=O)CC(C)C)c4ccccc4C3)c2c1. The fraction of sp³-hybridized carbons (Fsp3) is 0.467. The molecule has 2 amide bonds. The summed E-state index contributed by atoms with van der Waals surface area (Å²) in [6.07, 6.45) is 4.48. The number of nitrogens with one attached hydrogen (secondary N) is 1. The summed E-state index contributed by atoms with van der Waals surface area (Å²) < 4.78 is 5.39. The quantitative estimate of drug-likeness (QED) is 0.521. The smallest absolute Gasteiger partial charge is 0.227 e. The summed E-state index contributed by atoms with van der Waals surface area (Å²) in [7, 11) is 3.76. The van der Waals surface area contributed by atoms with E-state index in [1.807, 2.05) is 52.4 Å². The molecule has 37 heavy (non-hydrogen) atoms. The zero-order chi connectivity index (χ0) is 26.4. The van der Waals surface area contributed by atoms with Gasteiger partial charge in [0.1, 0.15) is 5.75 Å². The molecule has 7 heteroatoms. The maximum Gasteiger partial charge on any atom is 0.227 e. The van der Waals surface area contributed by atoms with Crippen molar-refractivity contribution < 1.29 is 14.3 Å².